The summed E-state index contributed by atoms with van der Waals surface area (Å²) < 4.78 is 40.0. The number of halogens is 2. The molecule has 2 saturated heterocycles. The Morgan fingerprint density at radius 1 is 1.11 bits per heavy atom. The van der Waals surface area contributed by atoms with Crippen LogP contribution in [0.2, 0.25) is 0 Å². The molecular weight excluding hydrogens is 472 g/mol. The Kier molecular flexibility index (Phi) is 8.00. The van der Waals surface area contributed by atoms with Gasteiger partial charge in [-0.15, -0.1) is 0 Å². The molecule has 3 aliphatic rings. The fraction of sp³-hybridized carbons (Fsp3) is 0.654. The number of hydrogen-bond donors (Lipinski definition) is 1. The lowest BCUT2D eigenvalue weighted by Crippen LogP contribution is -2.50. The first-order valence-electron chi connectivity index (χ1n) is 12.8. The van der Waals surface area contributed by atoms with Crippen molar-refractivity contribution in [3.05, 3.63) is 29.3 Å². The molecule has 10 heteroatoms. The second-order valence-electron chi connectivity index (χ2n) is 10.5. The monoisotopic (exact) mass is 507 g/mol. The van der Waals surface area contributed by atoms with Crippen LogP contribution in [0.1, 0.15) is 62.7 Å². The summed E-state index contributed by atoms with van der Waals surface area (Å²) in [6, 6.07) is 2.05. The van der Waals surface area contributed by atoms with Crippen LogP contribution in [0.15, 0.2) is 12.1 Å². The number of nitrogens with one attached hydrogen (secondary N) is 1. The molecule has 1 aliphatic carbocycles. The van der Waals surface area contributed by atoms with Crippen LogP contribution in [-0.4, -0.2) is 73.1 Å². The van der Waals surface area contributed by atoms with Crippen molar-refractivity contribution in [3.63, 3.8) is 0 Å². The molecule has 1 aromatic carbocycles. The van der Waals surface area contributed by atoms with E-state index >= 15 is 0 Å². The zero-order chi connectivity index (χ0) is 25.9. The fourth-order valence-electron chi connectivity index (χ4n) is 5.59. The largest absolute Gasteiger partial charge is 0.493 e. The maximum atomic E-state index is 14.6. The van der Waals surface area contributed by atoms with Gasteiger partial charge in [-0.2, -0.15) is 0 Å². The number of carbonyl (C=O) groups is 3. The van der Waals surface area contributed by atoms with Crippen molar-refractivity contribution in [1.29, 1.82) is 0 Å². The maximum absolute atomic E-state index is 14.6. The number of amides is 3. The van der Waals surface area contributed by atoms with Gasteiger partial charge in [0.1, 0.15) is 22.9 Å². The summed E-state index contributed by atoms with van der Waals surface area (Å²) in [6.45, 7) is 5.74. The number of ether oxygens (including phenoxy) is 2. The Labute approximate surface area is 210 Å². The summed E-state index contributed by atoms with van der Waals surface area (Å²) in [7, 11) is 0. The number of nitrogens with zero attached hydrogens (tertiary/aromatic N) is 2. The summed E-state index contributed by atoms with van der Waals surface area (Å²) in [4.78, 5) is 39.0. The molecule has 1 N–H and O–H groups in total. The fourth-order valence-corrected chi connectivity index (χ4v) is 5.59. The van der Waals surface area contributed by atoms with E-state index in [2.05, 4.69) is 5.32 Å². The van der Waals surface area contributed by atoms with Crippen LogP contribution in [0.25, 0.3) is 0 Å². The molecule has 1 spiro atoms. The lowest BCUT2D eigenvalue weighted by Gasteiger charge is -2.52. The van der Waals surface area contributed by atoms with Gasteiger partial charge in [0.2, 0.25) is 5.91 Å². The quantitative estimate of drug-likeness (QED) is 0.569. The van der Waals surface area contributed by atoms with Gasteiger partial charge in [-0.05, 0) is 63.7 Å². The summed E-state index contributed by atoms with van der Waals surface area (Å²) in [5.74, 6) is -2.55. The van der Waals surface area contributed by atoms with Crippen LogP contribution in [0.5, 0.6) is 5.75 Å². The number of piperidine rings is 1. The van der Waals surface area contributed by atoms with Crippen LogP contribution in [0.3, 0.4) is 0 Å². The van der Waals surface area contributed by atoms with Crippen molar-refractivity contribution in [1.82, 2.24) is 15.1 Å². The van der Waals surface area contributed by atoms with Crippen molar-refractivity contribution in [2.75, 3.05) is 39.3 Å². The molecule has 4 rings (SSSR count). The molecule has 0 bridgehead atoms. The lowest BCUT2D eigenvalue weighted by molar-refractivity contribution is -0.123. The smallest absolute Gasteiger partial charge is 0.410 e. The van der Waals surface area contributed by atoms with Crippen LogP contribution in [0.4, 0.5) is 13.6 Å². The van der Waals surface area contributed by atoms with E-state index in [1.165, 1.54) is 0 Å². The van der Waals surface area contributed by atoms with Gasteiger partial charge in [0.15, 0.2) is 0 Å². The molecular formula is C26H35F2N3O5. The molecule has 3 fully saturated rings. The first-order valence-corrected chi connectivity index (χ1v) is 12.8. The Bertz CT molecular complexity index is 963. The Hall–Kier alpha value is -2.91. The highest BCUT2D eigenvalue weighted by molar-refractivity contribution is 5.97. The van der Waals surface area contributed by atoms with Crippen LogP contribution in [-0.2, 0) is 9.53 Å². The van der Waals surface area contributed by atoms with E-state index < -0.39 is 23.1 Å². The standard InChI is InChI=1S/C26H35F2N3O5/c1-17(2)36-25(34)30-8-5-26(6-9-30)14-18(15-26)4-3-11-35-19-12-20(27)23(21(28)13-19)24(33)31-10-7-29-22(32)16-31/h12-13,17-18H,3-11,14-16H2,1-2H3,(H,29,32). The van der Waals surface area contributed by atoms with Crippen molar-refractivity contribution in [2.45, 2.75) is 58.5 Å². The molecule has 36 heavy (non-hydrogen) atoms. The van der Waals surface area contributed by atoms with E-state index in [-0.39, 0.29) is 43.5 Å². The van der Waals surface area contributed by atoms with Gasteiger partial charge in [0, 0.05) is 38.3 Å². The highest BCUT2D eigenvalue weighted by Gasteiger charge is 2.46. The molecule has 0 radical (unpaired) electrons. The summed E-state index contributed by atoms with van der Waals surface area (Å²) >= 11 is 0. The zero-order valence-electron chi connectivity index (χ0n) is 21.0. The molecule has 8 nitrogen and oxygen atoms in total. The molecule has 0 unspecified atom stereocenters. The van der Waals surface area contributed by atoms with Gasteiger partial charge in [-0.1, -0.05) is 0 Å². The third kappa shape index (κ3) is 6.07. The number of piperazine rings is 1. The third-order valence-electron chi connectivity index (χ3n) is 7.44. The van der Waals surface area contributed by atoms with Gasteiger partial charge >= 0.3 is 6.09 Å². The summed E-state index contributed by atoms with van der Waals surface area (Å²) in [5, 5.41) is 2.57. The predicted octanol–water partition coefficient (Wildman–Crippen LogP) is 3.73. The van der Waals surface area contributed by atoms with Gasteiger partial charge in [0.25, 0.3) is 5.91 Å². The van der Waals surface area contributed by atoms with E-state index in [4.69, 9.17) is 9.47 Å². The van der Waals surface area contributed by atoms with Gasteiger partial charge in [0.05, 0.1) is 19.3 Å². The van der Waals surface area contributed by atoms with Crippen LogP contribution in [0, 0.1) is 23.0 Å². The van der Waals surface area contributed by atoms with Gasteiger partial charge in [-0.25, -0.2) is 13.6 Å². The second-order valence-corrected chi connectivity index (χ2v) is 10.5. The molecule has 1 saturated carbocycles. The van der Waals surface area contributed by atoms with E-state index in [1.807, 2.05) is 13.8 Å². The molecule has 0 atom stereocenters. The number of hydrogen-bond acceptors (Lipinski definition) is 5. The van der Waals surface area contributed by atoms with Crippen LogP contribution < -0.4 is 10.1 Å². The lowest BCUT2D eigenvalue weighted by atomic mass is 9.56. The van der Waals surface area contributed by atoms with E-state index in [1.54, 1.807) is 4.90 Å². The van der Waals surface area contributed by atoms with Crippen LogP contribution >= 0.6 is 0 Å². The molecule has 1 aromatic rings. The van der Waals surface area contributed by atoms with Crippen molar-refractivity contribution < 1.29 is 32.6 Å². The number of benzene rings is 1. The number of carbonyl (C=O) groups excluding carboxylic acids is 3. The molecule has 3 amide bonds. The number of rotatable bonds is 7. The average Bonchev–Trinajstić information content (AvgIpc) is 2.80. The third-order valence-corrected chi connectivity index (χ3v) is 7.44. The molecule has 0 aromatic heterocycles. The first kappa shape index (κ1) is 26.2. The summed E-state index contributed by atoms with van der Waals surface area (Å²) in [5.41, 5.74) is -0.343. The van der Waals surface area contributed by atoms with Crippen molar-refractivity contribution in [2.24, 2.45) is 11.3 Å². The predicted molar refractivity (Wildman–Crippen MR) is 128 cm³/mol. The molecule has 198 valence electrons. The SMILES string of the molecule is CC(C)OC(=O)N1CCC2(CC1)CC(CCCOc1cc(F)c(C(=O)N3CCNC(=O)C3)c(F)c1)C2. The average molecular weight is 508 g/mol. The topological polar surface area (TPSA) is 88.2 Å². The van der Waals surface area contributed by atoms with Crippen molar-refractivity contribution >= 4 is 17.9 Å². The molecule has 2 aliphatic heterocycles. The van der Waals surface area contributed by atoms with E-state index in [9.17, 15) is 23.2 Å². The Balaban J connectivity index is 1.18. The normalized spacial score (nSPS) is 19.8. The van der Waals surface area contributed by atoms with Gasteiger partial charge < -0.3 is 24.6 Å². The first-order chi connectivity index (χ1) is 17.2. The van der Waals surface area contributed by atoms with E-state index in [0.29, 0.717) is 17.9 Å². The summed E-state index contributed by atoms with van der Waals surface area (Å²) in [6.07, 6.45) is 5.67. The minimum absolute atomic E-state index is 0.0451. The van der Waals surface area contributed by atoms with E-state index in [0.717, 1.165) is 68.6 Å². The minimum Gasteiger partial charge on any atom is -0.493 e. The van der Waals surface area contributed by atoms with Crippen molar-refractivity contribution in [3.8, 4) is 5.75 Å². The Morgan fingerprint density at radius 3 is 2.39 bits per heavy atom. The zero-order valence-corrected chi connectivity index (χ0v) is 21.0. The minimum atomic E-state index is -0.995. The van der Waals surface area contributed by atoms with Gasteiger partial charge in [-0.3, -0.25) is 9.59 Å². The maximum Gasteiger partial charge on any atom is 0.410 e. The second kappa shape index (κ2) is 11.0. The number of likely N-dealkylation sites (tertiary alicyclic amines) is 1. The highest BCUT2D eigenvalue weighted by Crippen LogP contribution is 2.54. The Morgan fingerprint density at radius 2 is 1.78 bits per heavy atom. The highest BCUT2D eigenvalue weighted by atomic mass is 19.1. The molecule has 2 heterocycles.